The number of anilines is 1. The number of pyridine rings is 1. The Morgan fingerprint density at radius 3 is 2.90 bits per heavy atom. The predicted octanol–water partition coefficient (Wildman–Crippen LogP) is 2.34. The highest BCUT2D eigenvalue weighted by Gasteiger charge is 2.32. The second kappa shape index (κ2) is 7.68. The molecule has 0 saturated carbocycles. The molecule has 3 aromatic rings. The lowest BCUT2D eigenvalue weighted by Crippen LogP contribution is -2.39. The third-order valence-corrected chi connectivity index (χ3v) is 6.19. The van der Waals surface area contributed by atoms with Crippen molar-refractivity contribution in [1.82, 2.24) is 24.5 Å². The van der Waals surface area contributed by atoms with E-state index in [9.17, 15) is 4.79 Å². The fourth-order valence-electron chi connectivity index (χ4n) is 4.55. The molecular formula is C22H27N7O. The molecule has 2 atom stereocenters. The molecule has 0 aliphatic carbocycles. The van der Waals surface area contributed by atoms with Crippen molar-refractivity contribution >= 4 is 17.4 Å². The molecule has 0 spiro atoms. The van der Waals surface area contributed by atoms with Crippen LogP contribution in [-0.2, 0) is 0 Å². The minimum atomic E-state index is -0.0574. The van der Waals surface area contributed by atoms with Gasteiger partial charge in [-0.15, -0.1) is 0 Å². The number of likely N-dealkylation sites (tertiary alicyclic amines) is 1. The van der Waals surface area contributed by atoms with Gasteiger partial charge in [-0.25, -0.2) is 9.50 Å². The minimum absolute atomic E-state index is 0.0189. The Hall–Kier alpha value is -3.00. The molecule has 2 aliphatic rings. The Balaban J connectivity index is 1.45. The summed E-state index contributed by atoms with van der Waals surface area (Å²) >= 11 is 0. The highest BCUT2D eigenvalue weighted by molar-refractivity contribution is 5.94. The average molecular weight is 406 g/mol. The van der Waals surface area contributed by atoms with Crippen LogP contribution in [0.15, 0.2) is 36.7 Å². The lowest BCUT2D eigenvalue weighted by molar-refractivity contribution is 0.0598. The maximum atomic E-state index is 13.3. The SMILES string of the molecule is Cc1cccnc1C(=O)N1CCCC[C@H]1c1cc2nc(N3CC[C@H](N)C3)ccn2n1. The fraction of sp³-hybridized carbons (Fsp3) is 0.455. The lowest BCUT2D eigenvalue weighted by Gasteiger charge is -2.34. The number of nitrogens with zero attached hydrogens (tertiary/aromatic N) is 6. The fourth-order valence-corrected chi connectivity index (χ4v) is 4.55. The van der Waals surface area contributed by atoms with Gasteiger partial charge >= 0.3 is 0 Å². The zero-order chi connectivity index (χ0) is 20.7. The quantitative estimate of drug-likeness (QED) is 0.719. The van der Waals surface area contributed by atoms with E-state index in [0.29, 0.717) is 5.69 Å². The van der Waals surface area contributed by atoms with Gasteiger partial charge in [-0.05, 0) is 50.3 Å². The summed E-state index contributed by atoms with van der Waals surface area (Å²) in [6.45, 7) is 4.41. The van der Waals surface area contributed by atoms with E-state index >= 15 is 0 Å². The molecule has 5 heterocycles. The Morgan fingerprint density at radius 2 is 2.10 bits per heavy atom. The van der Waals surface area contributed by atoms with Gasteiger partial charge in [0.1, 0.15) is 11.5 Å². The molecule has 30 heavy (non-hydrogen) atoms. The monoisotopic (exact) mass is 405 g/mol. The van der Waals surface area contributed by atoms with Crippen molar-refractivity contribution in [2.45, 2.75) is 44.7 Å². The van der Waals surface area contributed by atoms with E-state index in [4.69, 9.17) is 15.8 Å². The maximum absolute atomic E-state index is 13.3. The normalized spacial score (nSPS) is 22.1. The molecule has 2 N–H and O–H groups in total. The van der Waals surface area contributed by atoms with Gasteiger partial charge in [0.15, 0.2) is 5.65 Å². The molecule has 3 aromatic heterocycles. The number of amides is 1. The summed E-state index contributed by atoms with van der Waals surface area (Å²) in [7, 11) is 0. The van der Waals surface area contributed by atoms with E-state index in [1.54, 1.807) is 10.7 Å². The molecule has 1 amide bonds. The Morgan fingerprint density at radius 1 is 1.20 bits per heavy atom. The molecule has 0 unspecified atom stereocenters. The van der Waals surface area contributed by atoms with Gasteiger partial charge in [0.05, 0.1) is 11.7 Å². The molecule has 0 bridgehead atoms. The number of nitrogens with two attached hydrogens (primary N) is 1. The first-order valence-corrected chi connectivity index (χ1v) is 10.7. The van der Waals surface area contributed by atoms with E-state index in [1.165, 1.54) is 0 Å². The first-order valence-electron chi connectivity index (χ1n) is 10.7. The topological polar surface area (TPSA) is 92.7 Å². The van der Waals surface area contributed by atoms with Crippen molar-refractivity contribution in [3.63, 3.8) is 0 Å². The lowest BCUT2D eigenvalue weighted by atomic mass is 9.98. The molecule has 8 nitrogen and oxygen atoms in total. The number of carbonyl (C=O) groups excluding carboxylic acids is 1. The van der Waals surface area contributed by atoms with Crippen LogP contribution in [0.1, 0.15) is 53.5 Å². The van der Waals surface area contributed by atoms with Gasteiger partial charge in [-0.2, -0.15) is 5.10 Å². The smallest absolute Gasteiger partial charge is 0.273 e. The number of carbonyl (C=O) groups is 1. The van der Waals surface area contributed by atoms with E-state index in [0.717, 1.165) is 68.0 Å². The standard InChI is InChI=1S/C22H27N7O/c1-15-5-4-9-24-21(15)22(30)28-10-3-2-6-18(28)17-13-20-25-19(8-12-29(20)26-17)27-11-7-16(23)14-27/h4-5,8-9,12-13,16,18H,2-3,6-7,10-11,14,23H2,1H3/t16-,18-/m0/s1. The van der Waals surface area contributed by atoms with Gasteiger partial charge in [0, 0.05) is 44.1 Å². The van der Waals surface area contributed by atoms with Crippen LogP contribution < -0.4 is 10.6 Å². The number of aryl methyl sites for hydroxylation is 1. The summed E-state index contributed by atoms with van der Waals surface area (Å²) in [5.41, 5.74) is 9.17. The number of aromatic nitrogens is 4. The zero-order valence-electron chi connectivity index (χ0n) is 17.2. The first-order chi connectivity index (χ1) is 14.6. The third kappa shape index (κ3) is 3.41. The summed E-state index contributed by atoms with van der Waals surface area (Å²) in [6, 6.07) is 7.95. The molecule has 2 aliphatic heterocycles. The maximum Gasteiger partial charge on any atom is 0.273 e. The summed E-state index contributed by atoms with van der Waals surface area (Å²) in [5.74, 6) is 0.914. The van der Waals surface area contributed by atoms with Gasteiger partial charge in [-0.1, -0.05) is 6.07 Å². The highest BCUT2D eigenvalue weighted by Crippen LogP contribution is 2.32. The predicted molar refractivity (Wildman–Crippen MR) is 114 cm³/mol. The van der Waals surface area contributed by atoms with Crippen molar-refractivity contribution in [1.29, 1.82) is 0 Å². The van der Waals surface area contributed by atoms with Crippen molar-refractivity contribution in [3.05, 3.63) is 53.6 Å². The van der Waals surface area contributed by atoms with Crippen LogP contribution in [0.5, 0.6) is 0 Å². The molecule has 0 radical (unpaired) electrons. The molecule has 0 aromatic carbocycles. The van der Waals surface area contributed by atoms with E-state index in [1.807, 2.05) is 42.3 Å². The van der Waals surface area contributed by atoms with Crippen LogP contribution in [0.4, 0.5) is 5.82 Å². The molecule has 2 saturated heterocycles. The zero-order valence-corrected chi connectivity index (χ0v) is 17.2. The Kier molecular flexibility index (Phi) is 4.86. The first kappa shape index (κ1) is 19.0. The summed E-state index contributed by atoms with van der Waals surface area (Å²) < 4.78 is 1.80. The number of fused-ring (bicyclic) bond motifs is 1. The second-order valence-corrected chi connectivity index (χ2v) is 8.33. The van der Waals surface area contributed by atoms with Crippen LogP contribution in [0, 0.1) is 6.92 Å². The van der Waals surface area contributed by atoms with E-state index in [2.05, 4.69) is 9.88 Å². The van der Waals surface area contributed by atoms with Gasteiger partial charge in [0.2, 0.25) is 0 Å². The third-order valence-electron chi connectivity index (χ3n) is 6.19. The van der Waals surface area contributed by atoms with Crippen LogP contribution in [0.3, 0.4) is 0 Å². The molecule has 5 rings (SSSR count). The number of rotatable bonds is 3. The van der Waals surface area contributed by atoms with E-state index in [-0.39, 0.29) is 18.0 Å². The molecule has 2 fully saturated rings. The van der Waals surface area contributed by atoms with Gasteiger partial charge < -0.3 is 15.5 Å². The second-order valence-electron chi connectivity index (χ2n) is 8.33. The van der Waals surface area contributed by atoms with E-state index < -0.39 is 0 Å². The number of piperidine rings is 1. The average Bonchev–Trinajstić information content (AvgIpc) is 3.39. The molecule has 8 heteroatoms. The van der Waals surface area contributed by atoms with Crippen LogP contribution in [0.2, 0.25) is 0 Å². The summed E-state index contributed by atoms with van der Waals surface area (Å²) in [4.78, 5) is 26.6. The Bertz CT molecular complexity index is 1080. The van der Waals surface area contributed by atoms with Crippen molar-refractivity contribution in [3.8, 4) is 0 Å². The van der Waals surface area contributed by atoms with Crippen LogP contribution >= 0.6 is 0 Å². The minimum Gasteiger partial charge on any atom is -0.355 e. The van der Waals surface area contributed by atoms with Gasteiger partial charge in [-0.3, -0.25) is 9.78 Å². The van der Waals surface area contributed by atoms with Gasteiger partial charge in [0.25, 0.3) is 5.91 Å². The van der Waals surface area contributed by atoms with Crippen molar-refractivity contribution in [2.75, 3.05) is 24.5 Å². The highest BCUT2D eigenvalue weighted by atomic mass is 16.2. The number of hydrogen-bond acceptors (Lipinski definition) is 6. The summed E-state index contributed by atoms with van der Waals surface area (Å²) in [5, 5.41) is 4.76. The Labute approximate surface area is 175 Å². The summed E-state index contributed by atoms with van der Waals surface area (Å²) in [6.07, 6.45) is 7.59. The molecular weight excluding hydrogens is 378 g/mol. The van der Waals surface area contributed by atoms with Crippen molar-refractivity contribution in [2.24, 2.45) is 5.73 Å². The molecule has 156 valence electrons. The van der Waals surface area contributed by atoms with Crippen molar-refractivity contribution < 1.29 is 4.79 Å². The van der Waals surface area contributed by atoms with Crippen LogP contribution in [-0.4, -0.2) is 56.1 Å². The largest absolute Gasteiger partial charge is 0.355 e. The number of hydrogen-bond donors (Lipinski definition) is 1. The van der Waals surface area contributed by atoms with Crippen LogP contribution in [0.25, 0.3) is 5.65 Å².